The molecule has 3 aliphatic rings. The summed E-state index contributed by atoms with van der Waals surface area (Å²) in [6.45, 7) is 4.75. The summed E-state index contributed by atoms with van der Waals surface area (Å²) >= 11 is 0. The van der Waals surface area contributed by atoms with E-state index in [1.54, 1.807) is 0 Å². The molecule has 11 rings (SSSR count). The number of nitrogens with zero attached hydrogens (tertiary/aromatic N) is 2. The zero-order valence-corrected chi connectivity index (χ0v) is 32.5. The standard InChI is InChI=1S/C55H41N3/c1-54(2)47-24-11-13-26-49(47)55(50-27-14-12-25-48(50)54)45-23-10-9-22-43(45)44-35-41(32-33-46(44)55)37-30-28-36(29-31-37)40-20-15-21-42(34-40)53-57-51(38-16-5-3-6-17-38)56-52(58-53)39-18-7-4-8-19-39/h3-35,51H,1-2H3,(H,56,57,58). The predicted molar refractivity (Wildman–Crippen MR) is 239 cm³/mol. The van der Waals surface area contributed by atoms with Crippen molar-refractivity contribution >= 4 is 11.7 Å². The fourth-order valence-corrected chi connectivity index (χ4v) is 9.86. The Bertz CT molecular complexity index is 2890. The minimum absolute atomic E-state index is 0.109. The first kappa shape index (κ1) is 34.2. The number of amidine groups is 2. The van der Waals surface area contributed by atoms with Gasteiger partial charge >= 0.3 is 0 Å². The van der Waals surface area contributed by atoms with Crippen LogP contribution in [-0.4, -0.2) is 11.7 Å². The molecule has 1 atom stereocenters. The second kappa shape index (κ2) is 13.2. The lowest BCUT2D eigenvalue weighted by Crippen LogP contribution is -2.40. The second-order valence-corrected chi connectivity index (χ2v) is 16.2. The molecule has 1 aliphatic heterocycles. The van der Waals surface area contributed by atoms with Gasteiger partial charge in [0.05, 0.1) is 5.41 Å². The first-order valence-corrected chi connectivity index (χ1v) is 20.2. The zero-order valence-electron chi connectivity index (χ0n) is 32.5. The van der Waals surface area contributed by atoms with Crippen molar-refractivity contribution < 1.29 is 0 Å². The molecule has 8 aromatic carbocycles. The summed E-state index contributed by atoms with van der Waals surface area (Å²) in [5.74, 6) is 1.63. The Morgan fingerprint density at radius 2 is 0.828 bits per heavy atom. The quantitative estimate of drug-likeness (QED) is 0.187. The van der Waals surface area contributed by atoms with Gasteiger partial charge in [0.1, 0.15) is 11.7 Å². The van der Waals surface area contributed by atoms with Crippen molar-refractivity contribution in [3.63, 3.8) is 0 Å². The van der Waals surface area contributed by atoms with E-state index in [1.807, 2.05) is 36.4 Å². The smallest absolute Gasteiger partial charge is 0.169 e. The maximum Gasteiger partial charge on any atom is 0.169 e. The summed E-state index contributed by atoms with van der Waals surface area (Å²) in [7, 11) is 0. The maximum absolute atomic E-state index is 5.11. The van der Waals surface area contributed by atoms with Gasteiger partial charge in [0.25, 0.3) is 0 Å². The third kappa shape index (κ3) is 5.20. The summed E-state index contributed by atoms with van der Waals surface area (Å²) in [5, 5.41) is 3.56. The Morgan fingerprint density at radius 3 is 1.48 bits per heavy atom. The van der Waals surface area contributed by atoms with Crippen LogP contribution in [0.1, 0.15) is 70.1 Å². The van der Waals surface area contributed by atoms with Crippen LogP contribution in [0.2, 0.25) is 0 Å². The Balaban J connectivity index is 0.957. The van der Waals surface area contributed by atoms with Crippen LogP contribution >= 0.6 is 0 Å². The van der Waals surface area contributed by atoms with Gasteiger partial charge in [-0.1, -0.05) is 202 Å². The zero-order chi connectivity index (χ0) is 38.8. The van der Waals surface area contributed by atoms with Crippen LogP contribution < -0.4 is 5.32 Å². The van der Waals surface area contributed by atoms with Crippen LogP contribution in [0.3, 0.4) is 0 Å². The van der Waals surface area contributed by atoms with Gasteiger partial charge in [-0.3, -0.25) is 0 Å². The molecule has 58 heavy (non-hydrogen) atoms. The van der Waals surface area contributed by atoms with E-state index in [2.05, 4.69) is 183 Å². The second-order valence-electron chi connectivity index (χ2n) is 16.2. The minimum Gasteiger partial charge on any atom is -0.324 e. The summed E-state index contributed by atoms with van der Waals surface area (Å²) in [5.41, 5.74) is 18.2. The lowest BCUT2D eigenvalue weighted by atomic mass is 9.55. The first-order chi connectivity index (χ1) is 28.5. The molecule has 0 bridgehead atoms. The molecule has 3 nitrogen and oxygen atoms in total. The molecule has 0 fully saturated rings. The molecule has 3 heteroatoms. The highest BCUT2D eigenvalue weighted by molar-refractivity contribution is 6.16. The van der Waals surface area contributed by atoms with Gasteiger partial charge in [0, 0.05) is 16.5 Å². The van der Waals surface area contributed by atoms with Crippen LogP contribution in [0.25, 0.3) is 33.4 Å². The number of benzene rings is 8. The molecule has 0 radical (unpaired) electrons. The highest BCUT2D eigenvalue weighted by atomic mass is 15.2. The van der Waals surface area contributed by atoms with E-state index in [0.717, 1.165) is 39.5 Å². The van der Waals surface area contributed by atoms with Crippen LogP contribution in [0.4, 0.5) is 0 Å². The maximum atomic E-state index is 5.11. The number of hydrogen-bond donors (Lipinski definition) is 1. The van der Waals surface area contributed by atoms with Gasteiger partial charge in [0.2, 0.25) is 0 Å². The van der Waals surface area contributed by atoms with Crippen LogP contribution in [0.5, 0.6) is 0 Å². The number of nitrogens with one attached hydrogen (secondary N) is 1. The van der Waals surface area contributed by atoms with Gasteiger partial charge in [0.15, 0.2) is 6.17 Å². The Labute approximate surface area is 340 Å². The summed E-state index contributed by atoms with van der Waals surface area (Å²) in [6, 6.07) is 72.7. The molecule has 0 aromatic heterocycles. The van der Waals surface area contributed by atoms with Crippen molar-refractivity contribution in [1.29, 1.82) is 0 Å². The highest BCUT2D eigenvalue weighted by Gasteiger charge is 2.53. The van der Waals surface area contributed by atoms with E-state index >= 15 is 0 Å². The molecular formula is C55H41N3. The average Bonchev–Trinajstić information content (AvgIpc) is 3.59. The van der Waals surface area contributed by atoms with Gasteiger partial charge in [-0.15, -0.1) is 0 Å². The monoisotopic (exact) mass is 743 g/mol. The molecular weight excluding hydrogens is 703 g/mol. The lowest BCUT2D eigenvalue weighted by molar-refractivity contribution is 0.563. The van der Waals surface area contributed by atoms with E-state index in [0.29, 0.717) is 0 Å². The van der Waals surface area contributed by atoms with Gasteiger partial charge in [-0.25, -0.2) is 9.98 Å². The van der Waals surface area contributed by atoms with Gasteiger partial charge in [-0.05, 0) is 84.5 Å². The average molecular weight is 744 g/mol. The van der Waals surface area contributed by atoms with E-state index in [4.69, 9.17) is 9.98 Å². The number of rotatable bonds is 5. The fraction of sp³-hybridized carbons (Fsp3) is 0.0909. The molecule has 8 aromatic rings. The molecule has 0 amide bonds. The molecule has 1 heterocycles. The summed E-state index contributed by atoms with van der Waals surface area (Å²) in [4.78, 5) is 10.1. The number of fused-ring (bicyclic) bond motifs is 9. The van der Waals surface area contributed by atoms with Gasteiger partial charge < -0.3 is 5.32 Å². The third-order valence-corrected chi connectivity index (χ3v) is 12.6. The van der Waals surface area contributed by atoms with Crippen molar-refractivity contribution in [3.8, 4) is 33.4 Å². The molecule has 1 spiro atoms. The fourth-order valence-electron chi connectivity index (χ4n) is 9.86. The van der Waals surface area contributed by atoms with Crippen molar-refractivity contribution in [3.05, 3.63) is 250 Å². The van der Waals surface area contributed by atoms with Crippen LogP contribution in [0.15, 0.2) is 210 Å². The third-order valence-electron chi connectivity index (χ3n) is 12.6. The predicted octanol–water partition coefficient (Wildman–Crippen LogP) is 12.5. The SMILES string of the molecule is CC1(C)c2ccccc2C2(c3ccccc3-c3cc(-c4ccc(-c5cccc(C6=NC(c7ccccc7)N=C(c7ccccc7)N6)c5)cc4)ccc32)c2ccccc21. The van der Waals surface area contributed by atoms with Crippen molar-refractivity contribution in [2.24, 2.45) is 9.98 Å². The molecule has 0 saturated heterocycles. The Hall–Kier alpha value is -7.10. The normalized spacial score (nSPS) is 16.6. The van der Waals surface area contributed by atoms with Crippen molar-refractivity contribution in [2.75, 3.05) is 0 Å². The Morgan fingerprint density at radius 1 is 0.362 bits per heavy atom. The van der Waals surface area contributed by atoms with E-state index in [1.165, 1.54) is 55.6 Å². The molecule has 0 saturated carbocycles. The van der Waals surface area contributed by atoms with Crippen LogP contribution in [0, 0.1) is 0 Å². The van der Waals surface area contributed by atoms with E-state index < -0.39 is 0 Å². The van der Waals surface area contributed by atoms with Crippen molar-refractivity contribution in [1.82, 2.24) is 5.32 Å². The summed E-state index contributed by atoms with van der Waals surface area (Å²) < 4.78 is 0. The minimum atomic E-state index is -0.381. The first-order valence-electron chi connectivity index (χ1n) is 20.2. The molecule has 1 unspecified atom stereocenters. The highest BCUT2D eigenvalue weighted by Crippen LogP contribution is 2.62. The van der Waals surface area contributed by atoms with E-state index in [9.17, 15) is 0 Å². The topological polar surface area (TPSA) is 36.8 Å². The number of aliphatic imine (C=N–C) groups is 2. The lowest BCUT2D eigenvalue weighted by Gasteiger charge is -2.46. The summed E-state index contributed by atoms with van der Waals surface area (Å²) in [6.07, 6.45) is -0.334. The Kier molecular flexibility index (Phi) is 7.81. The van der Waals surface area contributed by atoms with Gasteiger partial charge in [-0.2, -0.15) is 0 Å². The molecule has 1 N–H and O–H groups in total. The molecule has 276 valence electrons. The van der Waals surface area contributed by atoms with E-state index in [-0.39, 0.29) is 17.0 Å². The van der Waals surface area contributed by atoms with Crippen molar-refractivity contribution in [2.45, 2.75) is 30.8 Å². The molecule has 2 aliphatic carbocycles. The largest absolute Gasteiger partial charge is 0.324 e. The van der Waals surface area contributed by atoms with Crippen LogP contribution in [-0.2, 0) is 10.8 Å². The number of hydrogen-bond acceptors (Lipinski definition) is 3.